The Kier molecular flexibility index (Phi) is 4.12. The van der Waals surface area contributed by atoms with Crippen molar-refractivity contribution in [2.24, 2.45) is 0 Å². The molecule has 0 saturated heterocycles. The van der Waals surface area contributed by atoms with Crippen molar-refractivity contribution in [3.63, 3.8) is 0 Å². The molecule has 124 valence electrons. The molecule has 0 aliphatic rings. The molecule has 0 amide bonds. The predicted molar refractivity (Wildman–Crippen MR) is 95.1 cm³/mol. The molecule has 6 heteroatoms. The number of nitro benzene ring substituents is 1. The summed E-state index contributed by atoms with van der Waals surface area (Å²) < 4.78 is 5.52. The fourth-order valence-electron chi connectivity index (χ4n) is 2.80. The first-order valence-corrected chi connectivity index (χ1v) is 7.58. The Hall–Kier alpha value is -3.02. The van der Waals surface area contributed by atoms with E-state index < -0.39 is 0 Å². The van der Waals surface area contributed by atoms with Crippen molar-refractivity contribution < 1.29 is 9.66 Å². The number of H-pyrrole nitrogens is 1. The molecule has 0 spiro atoms. The van der Waals surface area contributed by atoms with Gasteiger partial charge in [0.2, 0.25) is 0 Å². The van der Waals surface area contributed by atoms with Crippen LogP contribution in [0.15, 0.2) is 42.6 Å². The predicted octanol–water partition coefficient (Wildman–Crippen LogP) is 3.74. The molecule has 6 nitrogen and oxygen atoms in total. The first-order chi connectivity index (χ1) is 11.5. The highest BCUT2D eigenvalue weighted by atomic mass is 16.6. The normalized spacial score (nSPS) is 10.8. The zero-order valence-corrected chi connectivity index (χ0v) is 13.9. The van der Waals surface area contributed by atoms with E-state index in [2.05, 4.69) is 17.1 Å². The SMILES string of the molecule is COc1cc(N(C)C)ccc1Cc1c[nH]c2cc([N+](=O)[O-])ccc12. The average Bonchev–Trinajstić information content (AvgIpc) is 2.97. The summed E-state index contributed by atoms with van der Waals surface area (Å²) in [7, 11) is 5.64. The summed E-state index contributed by atoms with van der Waals surface area (Å²) in [4.78, 5) is 15.6. The van der Waals surface area contributed by atoms with Crippen molar-refractivity contribution in [1.29, 1.82) is 0 Å². The Bertz CT molecular complexity index is 900. The molecule has 0 unspecified atom stereocenters. The number of nitro groups is 1. The van der Waals surface area contributed by atoms with Crippen molar-refractivity contribution >= 4 is 22.3 Å². The number of nitrogens with zero attached hydrogens (tertiary/aromatic N) is 2. The Labute approximate surface area is 139 Å². The van der Waals surface area contributed by atoms with E-state index in [0.29, 0.717) is 6.42 Å². The highest BCUT2D eigenvalue weighted by Gasteiger charge is 2.12. The monoisotopic (exact) mass is 325 g/mol. The van der Waals surface area contributed by atoms with Crippen LogP contribution in [0.25, 0.3) is 10.9 Å². The summed E-state index contributed by atoms with van der Waals surface area (Å²) in [6, 6.07) is 11.0. The van der Waals surface area contributed by atoms with Crippen LogP contribution in [0.5, 0.6) is 5.75 Å². The Morgan fingerprint density at radius 3 is 2.62 bits per heavy atom. The lowest BCUT2D eigenvalue weighted by molar-refractivity contribution is -0.384. The topological polar surface area (TPSA) is 71.4 Å². The molecular weight excluding hydrogens is 306 g/mol. The zero-order chi connectivity index (χ0) is 17.3. The van der Waals surface area contributed by atoms with Crippen molar-refractivity contribution in [2.45, 2.75) is 6.42 Å². The number of aromatic nitrogens is 1. The number of methoxy groups -OCH3 is 1. The molecule has 0 radical (unpaired) electrons. The van der Waals surface area contributed by atoms with Crippen LogP contribution in [0.2, 0.25) is 0 Å². The quantitative estimate of drug-likeness (QED) is 0.573. The van der Waals surface area contributed by atoms with E-state index >= 15 is 0 Å². The van der Waals surface area contributed by atoms with Gasteiger partial charge in [-0.3, -0.25) is 10.1 Å². The van der Waals surface area contributed by atoms with Gasteiger partial charge in [-0.25, -0.2) is 0 Å². The Morgan fingerprint density at radius 1 is 1.17 bits per heavy atom. The summed E-state index contributed by atoms with van der Waals surface area (Å²) >= 11 is 0. The van der Waals surface area contributed by atoms with E-state index in [0.717, 1.165) is 33.5 Å². The van der Waals surface area contributed by atoms with E-state index in [-0.39, 0.29) is 10.6 Å². The van der Waals surface area contributed by atoms with E-state index in [9.17, 15) is 10.1 Å². The van der Waals surface area contributed by atoms with Crippen molar-refractivity contribution in [1.82, 2.24) is 4.98 Å². The van der Waals surface area contributed by atoms with Crippen molar-refractivity contribution in [3.05, 3.63) is 63.8 Å². The number of fused-ring (bicyclic) bond motifs is 1. The van der Waals surface area contributed by atoms with Crippen LogP contribution in [0.4, 0.5) is 11.4 Å². The van der Waals surface area contributed by atoms with Gasteiger partial charge in [-0.05, 0) is 23.3 Å². The van der Waals surface area contributed by atoms with Crippen LogP contribution in [0.1, 0.15) is 11.1 Å². The molecule has 0 aliphatic heterocycles. The van der Waals surface area contributed by atoms with Gasteiger partial charge in [0.05, 0.1) is 17.5 Å². The number of aromatic amines is 1. The molecule has 3 rings (SSSR count). The summed E-state index contributed by atoms with van der Waals surface area (Å²) in [5, 5.41) is 11.9. The van der Waals surface area contributed by atoms with Gasteiger partial charge in [-0.1, -0.05) is 6.07 Å². The molecule has 0 saturated carbocycles. The smallest absolute Gasteiger partial charge is 0.271 e. The maximum atomic E-state index is 10.9. The minimum atomic E-state index is -0.386. The molecule has 0 aliphatic carbocycles. The second-order valence-corrected chi connectivity index (χ2v) is 5.87. The third kappa shape index (κ3) is 2.90. The van der Waals surface area contributed by atoms with Gasteiger partial charge in [-0.2, -0.15) is 0 Å². The maximum Gasteiger partial charge on any atom is 0.271 e. The van der Waals surface area contributed by atoms with Gasteiger partial charge in [0.15, 0.2) is 0 Å². The number of nitrogens with one attached hydrogen (secondary N) is 1. The zero-order valence-electron chi connectivity index (χ0n) is 13.9. The number of non-ortho nitro benzene ring substituents is 1. The Balaban J connectivity index is 1.96. The molecule has 1 heterocycles. The van der Waals surface area contributed by atoms with E-state index in [1.807, 2.05) is 31.3 Å². The summed E-state index contributed by atoms with van der Waals surface area (Å²) in [5.74, 6) is 0.831. The number of ether oxygens (including phenoxy) is 1. The molecule has 2 aromatic carbocycles. The number of anilines is 1. The molecule has 1 N–H and O–H groups in total. The molecule has 1 aromatic heterocycles. The van der Waals surface area contributed by atoms with Gasteiger partial charge >= 0.3 is 0 Å². The highest BCUT2D eigenvalue weighted by Crippen LogP contribution is 2.30. The summed E-state index contributed by atoms with van der Waals surface area (Å²) in [5.41, 5.74) is 4.08. The van der Waals surface area contributed by atoms with E-state index in [4.69, 9.17) is 4.74 Å². The lowest BCUT2D eigenvalue weighted by Crippen LogP contribution is -2.09. The van der Waals surface area contributed by atoms with Gasteiger partial charge in [0.1, 0.15) is 5.75 Å². The second-order valence-electron chi connectivity index (χ2n) is 5.87. The fourth-order valence-corrected chi connectivity index (χ4v) is 2.80. The molecule has 0 bridgehead atoms. The van der Waals surface area contributed by atoms with Crippen LogP contribution in [-0.2, 0) is 6.42 Å². The first-order valence-electron chi connectivity index (χ1n) is 7.58. The standard InChI is InChI=1S/C18H19N3O3/c1-20(2)14-5-4-12(18(10-14)24-3)8-13-11-19-17-9-15(21(22)23)6-7-16(13)17/h4-7,9-11,19H,8H2,1-3H3. The summed E-state index contributed by atoms with van der Waals surface area (Å²) in [6.45, 7) is 0. The third-order valence-corrected chi connectivity index (χ3v) is 4.13. The lowest BCUT2D eigenvalue weighted by atomic mass is 10.0. The van der Waals surface area contributed by atoms with Gasteiger partial charge in [-0.15, -0.1) is 0 Å². The van der Waals surface area contributed by atoms with Crippen LogP contribution < -0.4 is 9.64 Å². The van der Waals surface area contributed by atoms with E-state index in [1.165, 1.54) is 6.07 Å². The fraction of sp³-hybridized carbons (Fsp3) is 0.222. The molecule has 0 atom stereocenters. The molecule has 24 heavy (non-hydrogen) atoms. The summed E-state index contributed by atoms with van der Waals surface area (Å²) in [6.07, 6.45) is 2.59. The number of rotatable bonds is 5. The van der Waals surface area contributed by atoms with Crippen LogP contribution in [0, 0.1) is 10.1 Å². The lowest BCUT2D eigenvalue weighted by Gasteiger charge is -2.16. The van der Waals surface area contributed by atoms with Gasteiger partial charge < -0.3 is 14.6 Å². The largest absolute Gasteiger partial charge is 0.496 e. The maximum absolute atomic E-state index is 10.9. The minimum Gasteiger partial charge on any atom is -0.496 e. The van der Waals surface area contributed by atoms with Gasteiger partial charge in [0.25, 0.3) is 5.69 Å². The molecular formula is C18H19N3O3. The van der Waals surface area contributed by atoms with Crippen LogP contribution in [-0.4, -0.2) is 31.1 Å². The number of hydrogen-bond acceptors (Lipinski definition) is 4. The highest BCUT2D eigenvalue weighted by molar-refractivity contribution is 5.85. The Morgan fingerprint density at radius 2 is 1.96 bits per heavy atom. The molecule has 3 aromatic rings. The average molecular weight is 325 g/mol. The first kappa shape index (κ1) is 15.9. The van der Waals surface area contributed by atoms with Crippen molar-refractivity contribution in [2.75, 3.05) is 26.1 Å². The molecule has 0 fully saturated rings. The number of hydrogen-bond donors (Lipinski definition) is 1. The van der Waals surface area contributed by atoms with Crippen LogP contribution >= 0.6 is 0 Å². The second kappa shape index (κ2) is 6.23. The van der Waals surface area contributed by atoms with Crippen molar-refractivity contribution in [3.8, 4) is 5.75 Å². The van der Waals surface area contributed by atoms with Crippen LogP contribution in [0.3, 0.4) is 0 Å². The minimum absolute atomic E-state index is 0.0869. The van der Waals surface area contributed by atoms with Gasteiger partial charge in [0, 0.05) is 56.0 Å². The third-order valence-electron chi connectivity index (χ3n) is 4.13. The number of benzene rings is 2. The van der Waals surface area contributed by atoms with E-state index in [1.54, 1.807) is 19.2 Å².